The van der Waals surface area contributed by atoms with E-state index in [1.165, 1.54) is 11.9 Å². The van der Waals surface area contributed by atoms with Gasteiger partial charge in [-0.15, -0.1) is 0 Å². The van der Waals surface area contributed by atoms with Crippen molar-refractivity contribution in [2.75, 3.05) is 7.05 Å². The fraction of sp³-hybridized carbons (Fsp3) is 0.562. The predicted octanol–water partition coefficient (Wildman–Crippen LogP) is 1.96. The third kappa shape index (κ3) is 2.20. The lowest BCUT2D eigenvalue weighted by atomic mass is 9.76. The highest BCUT2D eigenvalue weighted by Gasteiger charge is 2.38. The van der Waals surface area contributed by atoms with Crippen molar-refractivity contribution in [2.24, 2.45) is 5.41 Å². The van der Waals surface area contributed by atoms with E-state index in [9.17, 15) is 14.4 Å². The first-order valence-electron chi connectivity index (χ1n) is 7.33. The molecule has 1 atom stereocenters. The van der Waals surface area contributed by atoms with Gasteiger partial charge in [0.2, 0.25) is 5.91 Å². The third-order valence-electron chi connectivity index (χ3n) is 4.57. The van der Waals surface area contributed by atoms with E-state index in [0.717, 1.165) is 17.7 Å². The number of hydrogen-bond acceptors (Lipinski definition) is 3. The quantitative estimate of drug-likeness (QED) is 0.742. The Hall–Kier alpha value is -1.91. The van der Waals surface area contributed by atoms with Crippen LogP contribution in [0, 0.1) is 5.41 Å². The Labute approximate surface area is 123 Å². The Morgan fingerprint density at radius 3 is 2.62 bits per heavy atom. The molecule has 0 bridgehead atoms. The van der Waals surface area contributed by atoms with Crippen molar-refractivity contribution in [3.05, 3.63) is 23.5 Å². The summed E-state index contributed by atoms with van der Waals surface area (Å²) in [5.41, 5.74) is 1.60. The number of likely N-dealkylation sites (tertiary alicyclic amines) is 1. The van der Waals surface area contributed by atoms with Crippen LogP contribution in [0.1, 0.15) is 55.2 Å². The van der Waals surface area contributed by atoms with Crippen LogP contribution < -0.4 is 0 Å². The summed E-state index contributed by atoms with van der Waals surface area (Å²) in [6.45, 7) is 4.15. The van der Waals surface area contributed by atoms with Crippen molar-refractivity contribution in [2.45, 2.75) is 45.6 Å². The van der Waals surface area contributed by atoms with Gasteiger partial charge < -0.3 is 4.57 Å². The van der Waals surface area contributed by atoms with Crippen LogP contribution in [-0.2, 0) is 16.0 Å². The number of nitrogens with zero attached hydrogens (tertiary/aromatic N) is 2. The van der Waals surface area contributed by atoms with Gasteiger partial charge in [-0.3, -0.25) is 19.3 Å². The molecule has 3 rings (SSSR count). The number of aromatic nitrogens is 1. The minimum atomic E-state index is -0.363. The van der Waals surface area contributed by atoms with Crippen LogP contribution in [0.2, 0.25) is 0 Å². The van der Waals surface area contributed by atoms with E-state index in [0.29, 0.717) is 19.3 Å². The van der Waals surface area contributed by atoms with Gasteiger partial charge in [0, 0.05) is 37.3 Å². The number of amides is 2. The number of rotatable bonds is 1. The molecule has 1 saturated heterocycles. The lowest BCUT2D eigenvalue weighted by Crippen LogP contribution is -2.43. The third-order valence-corrected chi connectivity index (χ3v) is 4.57. The Morgan fingerprint density at radius 1 is 1.19 bits per heavy atom. The standard InChI is InChI=1S/C16H20N2O3/c1-16(2)8-12-10(13(19)9-16)6-7-18(12)11-4-5-14(20)17(3)15(11)21/h6-7,11H,4-5,8-9H2,1-3H3. The number of carbonyl (C=O) groups is 3. The van der Waals surface area contributed by atoms with E-state index < -0.39 is 0 Å². The van der Waals surface area contributed by atoms with Crippen LogP contribution in [-0.4, -0.2) is 34.1 Å². The van der Waals surface area contributed by atoms with Crippen LogP contribution in [0.15, 0.2) is 12.3 Å². The van der Waals surface area contributed by atoms with Crippen LogP contribution in [0.25, 0.3) is 0 Å². The second kappa shape index (κ2) is 4.55. The van der Waals surface area contributed by atoms with E-state index in [2.05, 4.69) is 13.8 Å². The van der Waals surface area contributed by atoms with Crippen molar-refractivity contribution in [1.82, 2.24) is 9.47 Å². The molecule has 1 aliphatic heterocycles. The van der Waals surface area contributed by atoms with Gasteiger partial charge in [0.05, 0.1) is 0 Å². The van der Waals surface area contributed by atoms with Gasteiger partial charge in [0.1, 0.15) is 6.04 Å². The monoisotopic (exact) mass is 288 g/mol. The molecule has 0 spiro atoms. The maximum absolute atomic E-state index is 12.4. The molecule has 0 N–H and O–H groups in total. The normalized spacial score (nSPS) is 25.2. The maximum atomic E-state index is 12.4. The number of ketones is 1. The zero-order chi connectivity index (χ0) is 15.4. The van der Waals surface area contributed by atoms with Crippen molar-refractivity contribution in [3.8, 4) is 0 Å². The first kappa shape index (κ1) is 14.0. The van der Waals surface area contributed by atoms with Gasteiger partial charge >= 0.3 is 0 Å². The molecule has 0 aromatic carbocycles. The molecule has 2 heterocycles. The van der Waals surface area contributed by atoms with Gasteiger partial charge in [-0.05, 0) is 24.3 Å². The van der Waals surface area contributed by atoms with Crippen molar-refractivity contribution >= 4 is 17.6 Å². The minimum Gasteiger partial charge on any atom is -0.338 e. The highest BCUT2D eigenvalue weighted by molar-refractivity contribution is 6.01. The van der Waals surface area contributed by atoms with E-state index in [-0.39, 0.29) is 29.1 Å². The Kier molecular flexibility index (Phi) is 3.04. The lowest BCUT2D eigenvalue weighted by molar-refractivity contribution is -0.149. The highest BCUT2D eigenvalue weighted by atomic mass is 16.2. The molecule has 21 heavy (non-hydrogen) atoms. The largest absolute Gasteiger partial charge is 0.338 e. The maximum Gasteiger partial charge on any atom is 0.251 e. The summed E-state index contributed by atoms with van der Waals surface area (Å²) in [6.07, 6.45) is 4.04. The molecule has 0 radical (unpaired) electrons. The summed E-state index contributed by atoms with van der Waals surface area (Å²) < 4.78 is 1.92. The Bertz CT molecular complexity index is 642. The molecule has 2 aliphatic rings. The zero-order valence-corrected chi connectivity index (χ0v) is 12.7. The number of carbonyl (C=O) groups excluding carboxylic acids is 3. The van der Waals surface area contributed by atoms with E-state index in [4.69, 9.17) is 0 Å². The van der Waals surface area contributed by atoms with Crippen molar-refractivity contribution in [1.29, 1.82) is 0 Å². The molecule has 1 aromatic rings. The Morgan fingerprint density at radius 2 is 1.90 bits per heavy atom. The molecular weight excluding hydrogens is 268 g/mol. The lowest BCUT2D eigenvalue weighted by Gasteiger charge is -2.34. The summed E-state index contributed by atoms with van der Waals surface area (Å²) >= 11 is 0. The number of hydrogen-bond donors (Lipinski definition) is 0. The molecule has 112 valence electrons. The van der Waals surface area contributed by atoms with Gasteiger partial charge in [-0.2, -0.15) is 0 Å². The molecule has 1 unspecified atom stereocenters. The molecule has 1 aliphatic carbocycles. The first-order valence-corrected chi connectivity index (χ1v) is 7.33. The van der Waals surface area contributed by atoms with E-state index in [1.54, 1.807) is 0 Å². The van der Waals surface area contributed by atoms with Crippen LogP contribution in [0.3, 0.4) is 0 Å². The SMILES string of the molecule is CN1C(=O)CCC(n2ccc3c2CC(C)(C)CC3=O)C1=O. The van der Waals surface area contributed by atoms with Crippen molar-refractivity contribution in [3.63, 3.8) is 0 Å². The van der Waals surface area contributed by atoms with Crippen molar-refractivity contribution < 1.29 is 14.4 Å². The molecule has 2 amide bonds. The summed E-state index contributed by atoms with van der Waals surface area (Å²) in [4.78, 5) is 37.4. The summed E-state index contributed by atoms with van der Waals surface area (Å²) in [6, 6.07) is 1.45. The highest BCUT2D eigenvalue weighted by Crippen LogP contribution is 2.37. The first-order chi connectivity index (χ1) is 9.80. The zero-order valence-electron chi connectivity index (χ0n) is 12.7. The summed E-state index contributed by atoms with van der Waals surface area (Å²) in [5, 5.41) is 0. The summed E-state index contributed by atoms with van der Waals surface area (Å²) in [7, 11) is 1.53. The Balaban J connectivity index is 2.00. The van der Waals surface area contributed by atoms with E-state index in [1.807, 2.05) is 16.8 Å². The number of likely N-dealkylation sites (N-methyl/N-ethyl adjacent to an activating group) is 1. The number of fused-ring (bicyclic) bond motifs is 1. The fourth-order valence-corrected chi connectivity index (χ4v) is 3.41. The van der Waals surface area contributed by atoms with Crippen LogP contribution in [0.4, 0.5) is 0 Å². The molecule has 0 saturated carbocycles. The average molecular weight is 288 g/mol. The average Bonchev–Trinajstić information content (AvgIpc) is 2.79. The van der Waals surface area contributed by atoms with E-state index >= 15 is 0 Å². The molecule has 5 nitrogen and oxygen atoms in total. The molecule has 1 aromatic heterocycles. The van der Waals surface area contributed by atoms with Gasteiger partial charge in [0.15, 0.2) is 5.78 Å². The topological polar surface area (TPSA) is 59.4 Å². The molecule has 5 heteroatoms. The number of Topliss-reactive ketones (excluding diaryl/α,β-unsaturated/α-hetero) is 1. The fourth-order valence-electron chi connectivity index (χ4n) is 3.41. The van der Waals surface area contributed by atoms with Crippen LogP contribution >= 0.6 is 0 Å². The van der Waals surface area contributed by atoms with Gasteiger partial charge in [-0.1, -0.05) is 13.8 Å². The molecular formula is C16H20N2O3. The second-order valence-corrected chi connectivity index (χ2v) is 6.87. The van der Waals surface area contributed by atoms with Crippen LogP contribution in [0.5, 0.6) is 0 Å². The minimum absolute atomic E-state index is 0.0837. The second-order valence-electron chi connectivity index (χ2n) is 6.87. The number of piperidine rings is 1. The molecule has 1 fully saturated rings. The number of imide groups is 1. The summed E-state index contributed by atoms with van der Waals surface area (Å²) in [5.74, 6) is -0.165. The van der Waals surface area contributed by atoms with Gasteiger partial charge in [-0.25, -0.2) is 0 Å². The predicted molar refractivity (Wildman–Crippen MR) is 76.9 cm³/mol. The smallest absolute Gasteiger partial charge is 0.251 e. The van der Waals surface area contributed by atoms with Gasteiger partial charge in [0.25, 0.3) is 5.91 Å².